The summed E-state index contributed by atoms with van der Waals surface area (Å²) >= 11 is 0. The summed E-state index contributed by atoms with van der Waals surface area (Å²) in [6, 6.07) is 14.4. The van der Waals surface area contributed by atoms with E-state index < -0.39 is 99.6 Å². The van der Waals surface area contributed by atoms with Gasteiger partial charge < -0.3 is 57.0 Å². The highest BCUT2D eigenvalue weighted by Crippen LogP contribution is 2.40. The van der Waals surface area contributed by atoms with Crippen molar-refractivity contribution >= 4 is 75.5 Å². The number of rotatable bonds is 27. The Balaban J connectivity index is 0.00000556. The average Bonchev–Trinajstić information content (AvgIpc) is 1.06. The summed E-state index contributed by atoms with van der Waals surface area (Å²) in [6.45, 7) is 32.6. The minimum absolute atomic E-state index is 0.00425. The van der Waals surface area contributed by atoms with Crippen LogP contribution in [0.25, 0.3) is 11.0 Å². The third-order valence-corrected chi connectivity index (χ3v) is 14.6. The number of nitro benzene ring substituents is 1. The Bertz CT molecular complexity index is 3440. The Hall–Kier alpha value is -8.57. The Kier molecular flexibility index (Phi) is 27.4. The van der Waals surface area contributed by atoms with Crippen LogP contribution in [0.3, 0.4) is 0 Å². The van der Waals surface area contributed by atoms with Crippen molar-refractivity contribution in [1.29, 1.82) is 0 Å². The van der Waals surface area contributed by atoms with Crippen molar-refractivity contribution in [1.82, 2.24) is 4.90 Å². The number of ether oxygens (including phenoxy) is 8. The molecule has 2 fully saturated rings. The van der Waals surface area contributed by atoms with E-state index in [9.17, 15) is 43.7 Å². The number of hydrogen-bond donors (Lipinski definition) is 0. The molecule has 0 radical (unpaired) electrons. The Labute approximate surface area is 569 Å². The number of nitrogens with zero attached hydrogens (tertiary/aromatic N) is 5. The molecule has 2 aliphatic rings. The van der Waals surface area contributed by atoms with Crippen LogP contribution in [0.1, 0.15) is 185 Å². The van der Waals surface area contributed by atoms with E-state index in [1.54, 1.807) is 100 Å². The molecule has 0 spiro atoms. The molecule has 0 atom stereocenters. The number of carbonyl (C=O) groups excluding carboxylic acids is 8. The number of hydrogen-bond acceptors (Lipinski definition) is 24. The molecule has 1 saturated carbocycles. The van der Waals surface area contributed by atoms with E-state index in [1.165, 1.54) is 29.2 Å². The largest absolute Gasteiger partial charge is 0.489 e. The molecule has 1 saturated heterocycles. The minimum Gasteiger partial charge on any atom is -0.489 e. The van der Waals surface area contributed by atoms with Crippen LogP contribution in [0.4, 0.5) is 22.7 Å². The molecule has 97 heavy (non-hydrogen) atoms. The Morgan fingerprint density at radius 1 is 0.577 bits per heavy atom. The van der Waals surface area contributed by atoms with Gasteiger partial charge in [0.15, 0.2) is 5.78 Å². The van der Waals surface area contributed by atoms with Crippen molar-refractivity contribution in [2.75, 3.05) is 80.3 Å². The topological polar surface area (TPSA) is 297 Å². The number of ketones is 1. The molecule has 534 valence electrons. The van der Waals surface area contributed by atoms with Crippen LogP contribution < -0.4 is 34.5 Å². The first-order valence-corrected chi connectivity index (χ1v) is 32.9. The highest BCUT2D eigenvalue weighted by molar-refractivity contribution is 5.98. The number of esters is 5. The van der Waals surface area contributed by atoms with Gasteiger partial charge in [-0.05, 0) is 190 Å². The van der Waals surface area contributed by atoms with Gasteiger partial charge in [0, 0.05) is 55.3 Å². The number of nitro groups is 1. The number of anilines is 3. The second-order valence-electron chi connectivity index (χ2n) is 30.7. The SMILES string of the molecule is CC(C)(C)CN(CC(=O)OC(C)(C)C)c1ccc(N2CCCC2)cc1OCCOc1cc([N+](=O)[O-])c(COc2ccc3cc(C(=O)CC4CCC(N(CC(=O)OC(C)(C)C)CC(=O)OC(C)(C)C)CC4)c(=O)oc3c2)cc1N(CC(=O)OC(C)(C)C)CC(=O)OC(C)(C)C.O=C=O. The van der Waals surface area contributed by atoms with Gasteiger partial charge in [-0.3, -0.25) is 43.8 Å². The standard InChI is InChI=1S/C71H101N5O18.CO2/c1-66(2,3)45-75(43-64(82)94-71(16,17)18)53-28-26-50(72-29-19-20-30-72)36-58(53)86-31-32-87-59-38-54(76(84)85)48(35-55(59)74(41-62(80)92-69(10,11)12)42-63(81)93-70(13,14)15)44-88-51-27-23-47-34-52(65(83)89-57(47)37-51)56(77)33-46-21-24-49(25-22-46)73(39-60(78)90-67(4,5)6)40-61(79)91-68(7,8)9;2-1-3/h23,26-28,34-38,46,49H,19-22,24-25,29-33,39-45H2,1-18H3;. The second-order valence-corrected chi connectivity index (χ2v) is 30.7. The van der Waals surface area contributed by atoms with Crippen molar-refractivity contribution in [2.24, 2.45) is 11.3 Å². The molecule has 4 aromatic rings. The fraction of sp³-hybridized carbons (Fsp3) is 0.611. The zero-order chi connectivity index (χ0) is 72.6. The van der Waals surface area contributed by atoms with Crippen molar-refractivity contribution in [3.63, 3.8) is 0 Å². The van der Waals surface area contributed by atoms with Gasteiger partial charge >= 0.3 is 41.6 Å². The average molecular weight is 1360 g/mol. The first-order chi connectivity index (χ1) is 44.9. The molecule has 2 heterocycles. The van der Waals surface area contributed by atoms with E-state index in [1.807, 2.05) is 43.9 Å². The van der Waals surface area contributed by atoms with E-state index in [2.05, 4.69) is 25.7 Å². The maximum Gasteiger partial charge on any atom is 0.373 e. The number of fused-ring (bicyclic) bond motifs is 1. The van der Waals surface area contributed by atoms with Crippen molar-refractivity contribution in [2.45, 2.75) is 210 Å². The van der Waals surface area contributed by atoms with Crippen LogP contribution in [-0.2, 0) is 63.9 Å². The summed E-state index contributed by atoms with van der Waals surface area (Å²) in [6.07, 6.45) is 4.74. The molecule has 1 aromatic heterocycles. The van der Waals surface area contributed by atoms with Gasteiger partial charge in [0.05, 0.1) is 41.0 Å². The van der Waals surface area contributed by atoms with Crippen molar-refractivity contribution in [3.05, 3.63) is 86.3 Å². The van der Waals surface area contributed by atoms with Gasteiger partial charge in [0.1, 0.15) is 95.9 Å². The predicted molar refractivity (Wildman–Crippen MR) is 363 cm³/mol. The zero-order valence-corrected chi connectivity index (χ0v) is 60.0. The van der Waals surface area contributed by atoms with Crippen LogP contribution in [0.5, 0.6) is 17.2 Å². The second kappa shape index (κ2) is 33.6. The lowest BCUT2D eigenvalue weighted by Crippen LogP contribution is -2.46. The molecular formula is C72H101N5O20. The monoisotopic (exact) mass is 1360 g/mol. The van der Waals surface area contributed by atoms with Crippen LogP contribution in [0.15, 0.2) is 63.8 Å². The quantitative estimate of drug-likeness (QED) is 0.0102. The minimum atomic E-state index is -0.930. The van der Waals surface area contributed by atoms with E-state index in [-0.39, 0.29) is 96.7 Å². The summed E-state index contributed by atoms with van der Waals surface area (Å²) < 4.78 is 53.3. The molecule has 3 aromatic carbocycles. The lowest BCUT2D eigenvalue weighted by Gasteiger charge is -2.36. The molecule has 0 amide bonds. The third kappa shape index (κ3) is 27.5. The molecule has 1 aliphatic carbocycles. The summed E-state index contributed by atoms with van der Waals surface area (Å²) in [5.74, 6) is -2.75. The third-order valence-electron chi connectivity index (χ3n) is 14.6. The van der Waals surface area contributed by atoms with Gasteiger partial charge in [0.25, 0.3) is 5.69 Å². The summed E-state index contributed by atoms with van der Waals surface area (Å²) in [7, 11) is 0. The summed E-state index contributed by atoms with van der Waals surface area (Å²) in [5.41, 5.74) is -3.97. The maximum absolute atomic E-state index is 13.9. The fourth-order valence-corrected chi connectivity index (χ4v) is 11.2. The normalized spacial score (nSPS) is 15.3. The Morgan fingerprint density at radius 2 is 1.04 bits per heavy atom. The van der Waals surface area contributed by atoms with Gasteiger partial charge in [0.2, 0.25) is 0 Å². The number of benzene rings is 3. The van der Waals surface area contributed by atoms with Crippen molar-refractivity contribution < 1.29 is 85.6 Å². The first kappa shape index (κ1) is 79.1. The van der Waals surface area contributed by atoms with E-state index >= 15 is 0 Å². The zero-order valence-electron chi connectivity index (χ0n) is 60.0. The number of carbonyl (C=O) groups is 6. The van der Waals surface area contributed by atoms with Gasteiger partial charge in [-0.2, -0.15) is 9.59 Å². The first-order valence-electron chi connectivity index (χ1n) is 32.9. The van der Waals surface area contributed by atoms with Crippen LogP contribution >= 0.6 is 0 Å². The lowest BCUT2D eigenvalue weighted by atomic mass is 9.82. The fourth-order valence-electron chi connectivity index (χ4n) is 11.2. The van der Waals surface area contributed by atoms with Crippen LogP contribution in [0, 0.1) is 21.4 Å². The highest BCUT2D eigenvalue weighted by Gasteiger charge is 2.35. The van der Waals surface area contributed by atoms with Crippen LogP contribution in [-0.4, -0.2) is 151 Å². The lowest BCUT2D eigenvalue weighted by molar-refractivity contribution is -0.385. The van der Waals surface area contributed by atoms with Gasteiger partial charge in [-0.25, -0.2) is 4.79 Å². The molecule has 25 nitrogen and oxygen atoms in total. The van der Waals surface area contributed by atoms with Gasteiger partial charge in [-0.15, -0.1) is 0 Å². The molecule has 6 rings (SSSR count). The maximum atomic E-state index is 13.9. The highest BCUT2D eigenvalue weighted by atomic mass is 16.6. The predicted octanol–water partition coefficient (Wildman–Crippen LogP) is 11.6. The van der Waals surface area contributed by atoms with Crippen LogP contribution in [0.2, 0.25) is 0 Å². The molecular weight excluding hydrogens is 1250 g/mol. The molecule has 1 aliphatic heterocycles. The molecule has 0 N–H and O–H groups in total. The van der Waals surface area contributed by atoms with Gasteiger partial charge in [-0.1, -0.05) is 20.8 Å². The van der Waals surface area contributed by atoms with E-state index in [0.29, 0.717) is 49.1 Å². The smallest absolute Gasteiger partial charge is 0.373 e. The molecule has 25 heteroatoms. The van der Waals surface area contributed by atoms with E-state index in [4.69, 9.17) is 51.9 Å². The number of Topliss-reactive ketones (excluding diaryl/α,β-unsaturated/α-hetero) is 1. The summed E-state index contributed by atoms with van der Waals surface area (Å²) in [5, 5.41) is 13.5. The molecule has 0 bridgehead atoms. The van der Waals surface area contributed by atoms with Crippen molar-refractivity contribution in [3.8, 4) is 17.2 Å². The molecule has 0 unspecified atom stereocenters. The van der Waals surface area contributed by atoms with E-state index in [0.717, 1.165) is 31.6 Å². The Morgan fingerprint density at radius 3 is 1.51 bits per heavy atom. The summed E-state index contributed by atoms with van der Waals surface area (Å²) in [4.78, 5) is 130.